The molecule has 3 rings (SSSR count). The largest absolute Gasteiger partial charge is 0.355 e. The number of nitrogens with one attached hydrogen (secondary N) is 1. The zero-order chi connectivity index (χ0) is 12.7. The maximum absolute atomic E-state index is 4.14. The first-order valence-corrected chi connectivity index (χ1v) is 6.34. The molecule has 1 nitrogen and oxygen atoms in total. The topological polar surface area (TPSA) is 12.0 Å². The Morgan fingerprint density at radius 2 is 1.94 bits per heavy atom. The molecular formula is C17H17N. The number of hydrogen-bond donors (Lipinski definition) is 1. The lowest BCUT2D eigenvalue weighted by molar-refractivity contribution is 1.10. The quantitative estimate of drug-likeness (QED) is 0.766. The predicted octanol–water partition coefficient (Wildman–Crippen LogP) is 4.27. The van der Waals surface area contributed by atoms with Gasteiger partial charge >= 0.3 is 0 Å². The molecule has 1 N–H and O–H groups in total. The van der Waals surface area contributed by atoms with Crippen molar-refractivity contribution in [2.75, 3.05) is 0 Å². The van der Waals surface area contributed by atoms with Crippen LogP contribution in [0.3, 0.4) is 0 Å². The van der Waals surface area contributed by atoms with E-state index < -0.39 is 0 Å². The third-order valence-electron chi connectivity index (χ3n) is 3.66. The second-order valence-corrected chi connectivity index (χ2v) is 4.87. The highest BCUT2D eigenvalue weighted by atomic mass is 14.9. The monoisotopic (exact) mass is 235 g/mol. The smallest absolute Gasteiger partial charge is 0.0499 e. The summed E-state index contributed by atoms with van der Waals surface area (Å²) in [5, 5.41) is 3.48. The summed E-state index contributed by atoms with van der Waals surface area (Å²) in [6.07, 6.45) is 5.32. The Bertz CT molecular complexity index is 627. The van der Waals surface area contributed by atoms with Gasteiger partial charge in [0.2, 0.25) is 0 Å². The van der Waals surface area contributed by atoms with E-state index in [2.05, 4.69) is 62.2 Å². The van der Waals surface area contributed by atoms with Gasteiger partial charge in [-0.1, -0.05) is 48.6 Å². The van der Waals surface area contributed by atoms with E-state index in [1.807, 2.05) is 0 Å². The fraction of sp³-hybridized carbons (Fsp3) is 0.176. The molecule has 0 spiro atoms. The minimum Gasteiger partial charge on any atom is -0.355 e. The highest BCUT2D eigenvalue weighted by molar-refractivity contribution is 5.90. The first-order valence-electron chi connectivity index (χ1n) is 6.34. The van der Waals surface area contributed by atoms with Crippen molar-refractivity contribution in [3.05, 3.63) is 71.0 Å². The van der Waals surface area contributed by atoms with Crippen LogP contribution in [0.4, 0.5) is 0 Å². The number of fused-ring (bicyclic) bond motifs is 2. The fourth-order valence-corrected chi connectivity index (χ4v) is 2.82. The summed E-state index contributed by atoms with van der Waals surface area (Å²) in [6, 6.07) is 8.50. The van der Waals surface area contributed by atoms with Crippen LogP contribution in [0.15, 0.2) is 59.8 Å². The maximum Gasteiger partial charge on any atom is 0.0499 e. The molecule has 18 heavy (non-hydrogen) atoms. The van der Waals surface area contributed by atoms with E-state index in [-0.39, 0.29) is 0 Å². The Morgan fingerprint density at radius 1 is 1.22 bits per heavy atom. The second-order valence-electron chi connectivity index (χ2n) is 4.87. The van der Waals surface area contributed by atoms with Crippen molar-refractivity contribution < 1.29 is 0 Å². The number of hydrogen-bond acceptors (Lipinski definition) is 1. The van der Waals surface area contributed by atoms with Crippen molar-refractivity contribution in [2.45, 2.75) is 20.3 Å². The molecule has 90 valence electrons. The van der Waals surface area contributed by atoms with Crippen LogP contribution in [-0.4, -0.2) is 0 Å². The molecule has 1 heteroatoms. The molecule has 0 fully saturated rings. The Labute approximate surface area is 108 Å². The number of allylic oxidation sites excluding steroid dienone is 4. The van der Waals surface area contributed by atoms with Crippen molar-refractivity contribution >= 4 is 11.3 Å². The SMILES string of the molecule is C=C1NC2=C(CC(C)=C2/C=C\C)c2ccccc21. The summed E-state index contributed by atoms with van der Waals surface area (Å²) < 4.78 is 0. The van der Waals surface area contributed by atoms with Gasteiger partial charge in [-0.25, -0.2) is 0 Å². The van der Waals surface area contributed by atoms with Crippen molar-refractivity contribution in [2.24, 2.45) is 0 Å². The fourth-order valence-electron chi connectivity index (χ4n) is 2.82. The third kappa shape index (κ3) is 1.47. The molecule has 2 aliphatic rings. The molecule has 0 unspecified atom stereocenters. The summed E-state index contributed by atoms with van der Waals surface area (Å²) in [5.74, 6) is 0. The van der Waals surface area contributed by atoms with Gasteiger partial charge in [0.25, 0.3) is 0 Å². The van der Waals surface area contributed by atoms with Gasteiger partial charge in [-0.3, -0.25) is 0 Å². The standard InChI is InChI=1S/C17H17N/c1-4-7-13-11(2)10-16-15-9-6-5-8-14(15)12(3)18-17(13)16/h4-9,18H,3,10H2,1-2H3/b7-4-. The Hall–Kier alpha value is -2.02. The minimum atomic E-state index is 1.00. The first kappa shape index (κ1) is 11.1. The van der Waals surface area contributed by atoms with Crippen molar-refractivity contribution in [3.63, 3.8) is 0 Å². The van der Waals surface area contributed by atoms with Gasteiger partial charge < -0.3 is 5.32 Å². The summed E-state index contributed by atoms with van der Waals surface area (Å²) in [4.78, 5) is 0. The summed E-state index contributed by atoms with van der Waals surface area (Å²) >= 11 is 0. The predicted molar refractivity (Wildman–Crippen MR) is 77.7 cm³/mol. The van der Waals surface area contributed by atoms with Crippen molar-refractivity contribution in [3.8, 4) is 0 Å². The van der Waals surface area contributed by atoms with E-state index in [0.29, 0.717) is 0 Å². The molecule has 1 aliphatic carbocycles. The molecule has 0 amide bonds. The van der Waals surface area contributed by atoms with Crippen LogP contribution >= 0.6 is 0 Å². The van der Waals surface area contributed by atoms with Crippen LogP contribution in [0.1, 0.15) is 31.4 Å². The van der Waals surface area contributed by atoms with Crippen LogP contribution in [0.5, 0.6) is 0 Å². The van der Waals surface area contributed by atoms with Gasteiger partial charge in [0.1, 0.15) is 0 Å². The first-order chi connectivity index (χ1) is 8.72. The zero-order valence-electron chi connectivity index (χ0n) is 10.9. The van der Waals surface area contributed by atoms with Crippen LogP contribution in [-0.2, 0) is 0 Å². The lowest BCUT2D eigenvalue weighted by atomic mass is 9.92. The molecular weight excluding hydrogens is 218 g/mol. The normalized spacial score (nSPS) is 18.2. The van der Waals surface area contributed by atoms with E-state index in [1.54, 1.807) is 0 Å². The van der Waals surface area contributed by atoms with Gasteiger partial charge in [0.15, 0.2) is 0 Å². The van der Waals surface area contributed by atoms with Gasteiger partial charge in [-0.2, -0.15) is 0 Å². The van der Waals surface area contributed by atoms with Gasteiger partial charge in [0.05, 0.1) is 0 Å². The van der Waals surface area contributed by atoms with Crippen LogP contribution in [0, 0.1) is 0 Å². The molecule has 1 aromatic rings. The molecule has 0 atom stereocenters. The second kappa shape index (κ2) is 4.02. The van der Waals surface area contributed by atoms with E-state index in [1.165, 1.54) is 33.5 Å². The summed E-state index contributed by atoms with van der Waals surface area (Å²) in [5.41, 5.74) is 8.96. The van der Waals surface area contributed by atoms with Gasteiger partial charge in [0, 0.05) is 17.0 Å². The molecule has 1 aliphatic heterocycles. The molecule has 0 radical (unpaired) electrons. The van der Waals surface area contributed by atoms with Crippen LogP contribution < -0.4 is 5.32 Å². The number of rotatable bonds is 1. The van der Waals surface area contributed by atoms with Crippen molar-refractivity contribution in [1.82, 2.24) is 5.32 Å². The Morgan fingerprint density at radius 3 is 2.67 bits per heavy atom. The molecule has 0 saturated heterocycles. The highest BCUT2D eigenvalue weighted by Crippen LogP contribution is 2.43. The van der Waals surface area contributed by atoms with E-state index >= 15 is 0 Å². The summed E-state index contributed by atoms with van der Waals surface area (Å²) in [6.45, 7) is 8.41. The molecule has 0 aromatic heterocycles. The maximum atomic E-state index is 4.14. The highest BCUT2D eigenvalue weighted by Gasteiger charge is 2.27. The van der Waals surface area contributed by atoms with Crippen molar-refractivity contribution in [1.29, 1.82) is 0 Å². The lowest BCUT2D eigenvalue weighted by Crippen LogP contribution is -2.18. The molecule has 0 bridgehead atoms. The van der Waals surface area contributed by atoms with E-state index in [9.17, 15) is 0 Å². The van der Waals surface area contributed by atoms with E-state index in [4.69, 9.17) is 0 Å². The molecule has 1 heterocycles. The lowest BCUT2D eigenvalue weighted by Gasteiger charge is -2.23. The minimum absolute atomic E-state index is 1.00. The number of benzene rings is 1. The summed E-state index contributed by atoms with van der Waals surface area (Å²) in [7, 11) is 0. The molecule has 1 aromatic carbocycles. The third-order valence-corrected chi connectivity index (χ3v) is 3.66. The van der Waals surface area contributed by atoms with E-state index in [0.717, 1.165) is 12.1 Å². The average molecular weight is 235 g/mol. The zero-order valence-corrected chi connectivity index (χ0v) is 10.9. The van der Waals surface area contributed by atoms with Gasteiger partial charge in [-0.15, -0.1) is 0 Å². The Kier molecular flexibility index (Phi) is 2.48. The van der Waals surface area contributed by atoms with Crippen LogP contribution in [0.25, 0.3) is 11.3 Å². The Balaban J connectivity index is 2.19. The average Bonchev–Trinajstić information content (AvgIpc) is 2.68. The molecule has 0 saturated carbocycles. The van der Waals surface area contributed by atoms with Gasteiger partial charge in [-0.05, 0) is 37.0 Å². The van der Waals surface area contributed by atoms with Crippen LogP contribution in [0.2, 0.25) is 0 Å².